The first-order valence-electron chi connectivity index (χ1n) is 7.11. The summed E-state index contributed by atoms with van der Waals surface area (Å²) in [4.78, 5) is 22.7. The van der Waals surface area contributed by atoms with Crippen LogP contribution in [0.1, 0.15) is 5.89 Å². The molecule has 0 bridgehead atoms. The first kappa shape index (κ1) is 17.5. The number of carbonyl (C=O) groups is 1. The summed E-state index contributed by atoms with van der Waals surface area (Å²) in [5, 5.41) is 12.7. The van der Waals surface area contributed by atoms with Crippen LogP contribution in [0.15, 0.2) is 47.3 Å². The van der Waals surface area contributed by atoms with E-state index in [2.05, 4.69) is 26.7 Å². The Kier molecular flexibility index (Phi) is 4.90. The lowest BCUT2D eigenvalue weighted by atomic mass is 10.2. The smallest absolute Gasteiger partial charge is 0.331 e. The van der Waals surface area contributed by atoms with Crippen molar-refractivity contribution >= 4 is 17.6 Å². The molecule has 0 aromatic carbocycles. The third kappa shape index (κ3) is 4.01. The highest BCUT2D eigenvalue weighted by molar-refractivity contribution is 6.33. The minimum atomic E-state index is -1.16. The molecule has 0 amide bonds. The van der Waals surface area contributed by atoms with E-state index in [1.54, 1.807) is 0 Å². The van der Waals surface area contributed by atoms with Gasteiger partial charge in [0.05, 0.1) is 23.8 Å². The van der Waals surface area contributed by atoms with Crippen LogP contribution >= 0.6 is 11.6 Å². The number of hydrogen-bond acceptors (Lipinski definition) is 7. The number of ether oxygens (including phenoxy) is 1. The highest BCUT2D eigenvalue weighted by Gasteiger charge is 2.16. The first-order chi connectivity index (χ1) is 12.4. The second-order valence-corrected chi connectivity index (χ2v) is 5.42. The topological polar surface area (TPSA) is 111 Å². The Morgan fingerprint density at radius 3 is 2.81 bits per heavy atom. The van der Waals surface area contributed by atoms with Crippen molar-refractivity contribution in [1.82, 2.24) is 20.1 Å². The molecule has 3 aromatic heterocycles. The molecule has 1 N–H and O–H groups in total. The van der Waals surface area contributed by atoms with E-state index >= 15 is 0 Å². The molecule has 0 radical (unpaired) electrons. The van der Waals surface area contributed by atoms with Crippen molar-refractivity contribution in [1.29, 1.82) is 0 Å². The summed E-state index contributed by atoms with van der Waals surface area (Å²) in [7, 11) is 0. The van der Waals surface area contributed by atoms with Gasteiger partial charge in [0.25, 0.3) is 0 Å². The highest BCUT2D eigenvalue weighted by atomic mass is 35.5. The van der Waals surface area contributed by atoms with Gasteiger partial charge in [-0.1, -0.05) is 23.3 Å². The van der Waals surface area contributed by atoms with Crippen molar-refractivity contribution in [2.45, 2.75) is 6.42 Å². The van der Waals surface area contributed by atoms with Crippen molar-refractivity contribution in [3.8, 4) is 23.1 Å². The molecule has 3 rings (SSSR count). The van der Waals surface area contributed by atoms with Crippen LogP contribution in [0.3, 0.4) is 0 Å². The molecule has 0 aliphatic carbocycles. The van der Waals surface area contributed by atoms with Gasteiger partial charge >= 0.3 is 5.97 Å². The molecule has 0 unspecified atom stereocenters. The minimum Gasteiger partial charge on any atom is -0.478 e. The van der Waals surface area contributed by atoms with Crippen LogP contribution in [0.5, 0.6) is 11.6 Å². The summed E-state index contributed by atoms with van der Waals surface area (Å²) in [6.45, 7) is 3.39. The summed E-state index contributed by atoms with van der Waals surface area (Å²) >= 11 is 6.16. The quantitative estimate of drug-likeness (QED) is 0.652. The number of halogens is 2. The fourth-order valence-electron chi connectivity index (χ4n) is 1.87. The molecule has 26 heavy (non-hydrogen) atoms. The van der Waals surface area contributed by atoms with Gasteiger partial charge in [-0.3, -0.25) is 0 Å². The van der Waals surface area contributed by atoms with E-state index in [-0.39, 0.29) is 46.1 Å². The Labute approximate surface area is 150 Å². The number of nitrogens with zero attached hydrogens (tertiary/aromatic N) is 4. The number of hydrogen-bond donors (Lipinski definition) is 1. The Balaban J connectivity index is 1.77. The van der Waals surface area contributed by atoms with Gasteiger partial charge in [-0.25, -0.2) is 19.2 Å². The summed E-state index contributed by atoms with van der Waals surface area (Å²) < 4.78 is 23.2. The van der Waals surface area contributed by atoms with E-state index in [9.17, 15) is 9.18 Å². The number of aliphatic carboxylic acids is 1. The molecule has 0 aliphatic heterocycles. The molecular formula is C16H10ClFN4O4. The number of carboxylic acids is 1. The number of pyridine rings is 2. The second-order valence-electron chi connectivity index (χ2n) is 5.02. The molecule has 0 saturated heterocycles. The van der Waals surface area contributed by atoms with Crippen molar-refractivity contribution in [3.05, 3.63) is 59.5 Å². The van der Waals surface area contributed by atoms with Crippen molar-refractivity contribution in [2.24, 2.45) is 0 Å². The third-order valence-corrected chi connectivity index (χ3v) is 3.37. The van der Waals surface area contributed by atoms with Gasteiger partial charge in [0.15, 0.2) is 0 Å². The van der Waals surface area contributed by atoms with Gasteiger partial charge in [0.1, 0.15) is 17.3 Å². The van der Waals surface area contributed by atoms with Crippen LogP contribution in [-0.4, -0.2) is 31.2 Å². The lowest BCUT2D eigenvalue weighted by Gasteiger charge is -2.05. The maximum Gasteiger partial charge on any atom is 0.331 e. The number of carboxylic acid groups (broad SMARTS) is 1. The van der Waals surface area contributed by atoms with Crippen LogP contribution in [0.4, 0.5) is 4.39 Å². The normalized spacial score (nSPS) is 10.5. The average Bonchev–Trinajstić information content (AvgIpc) is 3.05. The summed E-state index contributed by atoms with van der Waals surface area (Å²) in [5.41, 5.74) is 0.136. The summed E-state index contributed by atoms with van der Waals surface area (Å²) in [6.07, 6.45) is 2.28. The lowest BCUT2D eigenvalue weighted by Crippen LogP contribution is -2.02. The Morgan fingerprint density at radius 2 is 2.15 bits per heavy atom. The van der Waals surface area contributed by atoms with Gasteiger partial charge < -0.3 is 14.4 Å². The van der Waals surface area contributed by atoms with E-state index in [1.165, 1.54) is 24.4 Å². The van der Waals surface area contributed by atoms with Gasteiger partial charge in [-0.05, 0) is 6.07 Å². The Hall–Kier alpha value is -3.33. The molecule has 0 atom stereocenters. The molecular weight excluding hydrogens is 367 g/mol. The van der Waals surface area contributed by atoms with Gasteiger partial charge in [-0.15, -0.1) is 0 Å². The maximum atomic E-state index is 12.8. The molecule has 8 nitrogen and oxygen atoms in total. The lowest BCUT2D eigenvalue weighted by molar-refractivity contribution is -0.132. The van der Waals surface area contributed by atoms with Crippen LogP contribution in [0.25, 0.3) is 11.5 Å². The highest BCUT2D eigenvalue weighted by Crippen LogP contribution is 2.29. The Bertz CT molecular complexity index is 975. The van der Waals surface area contributed by atoms with Crippen LogP contribution < -0.4 is 4.74 Å². The SMILES string of the molecule is C=C(Cc1nc(-c2ncc(Oc3ccc(F)cn3)cc2Cl)no1)C(=O)O. The molecule has 3 aromatic rings. The largest absolute Gasteiger partial charge is 0.478 e. The monoisotopic (exact) mass is 376 g/mol. The summed E-state index contributed by atoms with van der Waals surface area (Å²) in [6, 6.07) is 4.02. The predicted molar refractivity (Wildman–Crippen MR) is 87.3 cm³/mol. The molecule has 3 heterocycles. The summed E-state index contributed by atoms with van der Waals surface area (Å²) in [5.74, 6) is -1.03. The standard InChI is InChI=1S/C16H10ClFN4O4/c1-8(16(23)24)4-13-21-15(22-26-13)14-11(17)5-10(7-20-14)25-12-3-2-9(18)6-19-12/h2-3,5-7H,1,4H2,(H,23,24). The van der Waals surface area contributed by atoms with Crippen LogP contribution in [-0.2, 0) is 11.2 Å². The molecule has 0 spiro atoms. The van der Waals surface area contributed by atoms with E-state index in [0.717, 1.165) is 6.20 Å². The van der Waals surface area contributed by atoms with E-state index in [0.29, 0.717) is 0 Å². The zero-order valence-electron chi connectivity index (χ0n) is 13.0. The van der Waals surface area contributed by atoms with E-state index in [4.69, 9.17) is 26.0 Å². The van der Waals surface area contributed by atoms with Crippen LogP contribution in [0, 0.1) is 5.82 Å². The van der Waals surface area contributed by atoms with Gasteiger partial charge in [0.2, 0.25) is 17.6 Å². The maximum absolute atomic E-state index is 12.8. The van der Waals surface area contributed by atoms with E-state index < -0.39 is 11.8 Å². The Morgan fingerprint density at radius 1 is 1.35 bits per heavy atom. The number of rotatable bonds is 6. The zero-order chi connectivity index (χ0) is 18.7. The first-order valence-corrected chi connectivity index (χ1v) is 7.49. The molecule has 10 heteroatoms. The van der Waals surface area contributed by atoms with Gasteiger partial charge in [-0.2, -0.15) is 4.98 Å². The minimum absolute atomic E-state index is 0.0705. The average molecular weight is 377 g/mol. The molecule has 0 aliphatic rings. The fraction of sp³-hybridized carbons (Fsp3) is 0.0625. The van der Waals surface area contributed by atoms with Crippen molar-refractivity contribution in [2.75, 3.05) is 0 Å². The zero-order valence-corrected chi connectivity index (χ0v) is 13.8. The molecule has 0 fully saturated rings. The van der Waals surface area contributed by atoms with Crippen molar-refractivity contribution < 1.29 is 23.6 Å². The molecule has 0 saturated carbocycles. The second kappa shape index (κ2) is 7.28. The van der Waals surface area contributed by atoms with Gasteiger partial charge in [0, 0.05) is 17.7 Å². The third-order valence-electron chi connectivity index (χ3n) is 3.09. The fourth-order valence-corrected chi connectivity index (χ4v) is 2.11. The van der Waals surface area contributed by atoms with Crippen LogP contribution in [0.2, 0.25) is 5.02 Å². The predicted octanol–water partition coefficient (Wildman–Crippen LogP) is 3.29. The van der Waals surface area contributed by atoms with E-state index in [1.807, 2.05) is 0 Å². The number of aromatic nitrogens is 4. The van der Waals surface area contributed by atoms with Crippen molar-refractivity contribution in [3.63, 3.8) is 0 Å². The molecule has 132 valence electrons.